The maximum absolute atomic E-state index is 13.3. The van der Waals surface area contributed by atoms with E-state index in [1.54, 1.807) is 5.38 Å². The molecule has 7 rings (SSSR count). The van der Waals surface area contributed by atoms with Crippen LogP contribution in [-0.2, 0) is 32.3 Å². The van der Waals surface area contributed by atoms with Crippen LogP contribution in [0.15, 0.2) is 57.9 Å². The summed E-state index contributed by atoms with van der Waals surface area (Å²) in [5.41, 5.74) is 10.8. The van der Waals surface area contributed by atoms with Crippen LogP contribution >= 0.6 is 34.4 Å². The Balaban J connectivity index is 1.03. The number of thiazole rings is 1. The highest BCUT2D eigenvalue weighted by atomic mass is 32.2. The third kappa shape index (κ3) is 6.41. The molecule has 19 heteroatoms. The molecule has 0 aliphatic carbocycles. The molecule has 2 atom stereocenters. The summed E-state index contributed by atoms with van der Waals surface area (Å²) in [6.07, 6.45) is 9.05. The molecule has 0 saturated carbocycles. The minimum absolute atomic E-state index is 0.0897. The van der Waals surface area contributed by atoms with E-state index in [9.17, 15) is 24.3 Å². The van der Waals surface area contributed by atoms with E-state index in [1.165, 1.54) is 41.5 Å². The number of piperidine rings is 1. The van der Waals surface area contributed by atoms with E-state index >= 15 is 0 Å². The fraction of sp³-hybridized carbons (Fsp3) is 0.367. The van der Waals surface area contributed by atoms with Crippen LogP contribution < -0.4 is 21.0 Å². The van der Waals surface area contributed by atoms with Gasteiger partial charge in [0.05, 0.1) is 24.4 Å². The molecule has 256 valence electrons. The summed E-state index contributed by atoms with van der Waals surface area (Å²) in [4.78, 5) is 62.8. The van der Waals surface area contributed by atoms with Gasteiger partial charge in [-0.05, 0) is 24.5 Å². The van der Waals surface area contributed by atoms with Gasteiger partial charge >= 0.3 is 11.6 Å². The average Bonchev–Trinajstić information content (AvgIpc) is 3.90. The zero-order valence-electron chi connectivity index (χ0n) is 26.3. The van der Waals surface area contributed by atoms with Crippen molar-refractivity contribution in [3.05, 3.63) is 68.9 Å². The van der Waals surface area contributed by atoms with Crippen molar-refractivity contribution in [1.29, 1.82) is 0 Å². The number of amides is 3. The first-order valence-corrected chi connectivity index (χ1v) is 18.2. The Hall–Kier alpha value is -4.72. The van der Waals surface area contributed by atoms with Crippen LogP contribution in [0, 0.1) is 0 Å². The van der Waals surface area contributed by atoms with Crippen molar-refractivity contribution in [1.82, 2.24) is 34.8 Å². The average molecular weight is 726 g/mol. The van der Waals surface area contributed by atoms with E-state index in [-0.39, 0.29) is 34.7 Å². The van der Waals surface area contributed by atoms with Gasteiger partial charge in [0.15, 0.2) is 17.0 Å². The molecule has 4 aromatic rings. The summed E-state index contributed by atoms with van der Waals surface area (Å²) in [5.74, 6) is -2.21. The lowest BCUT2D eigenvalue weighted by molar-refractivity contribution is -0.661. The third-order valence-electron chi connectivity index (χ3n) is 8.50. The number of carboxylic acids is 1. The number of carbonyl (C=O) groups excluding carboxylic acids is 3. The molecule has 2 fully saturated rings. The van der Waals surface area contributed by atoms with E-state index in [4.69, 9.17) is 10.6 Å². The van der Waals surface area contributed by atoms with Gasteiger partial charge in [0.2, 0.25) is 0 Å². The summed E-state index contributed by atoms with van der Waals surface area (Å²) in [6, 6.07) is 2.89. The number of nitrogens with one attached hydrogen (secondary N) is 2. The van der Waals surface area contributed by atoms with Crippen LogP contribution in [0.4, 0.5) is 5.13 Å². The number of carbonyl (C=O) groups is 4. The number of nitrogens with two attached hydrogens (primary N) is 1. The van der Waals surface area contributed by atoms with Crippen molar-refractivity contribution >= 4 is 74.6 Å². The molecule has 3 amide bonds. The van der Waals surface area contributed by atoms with Crippen LogP contribution in [0.5, 0.6) is 0 Å². The molecule has 0 unspecified atom stereocenters. The summed E-state index contributed by atoms with van der Waals surface area (Å²) >= 11 is 4.02. The first-order chi connectivity index (χ1) is 23.7. The van der Waals surface area contributed by atoms with E-state index < -0.39 is 29.2 Å². The van der Waals surface area contributed by atoms with Crippen molar-refractivity contribution in [2.75, 3.05) is 31.7 Å². The molecule has 3 aliphatic heterocycles. The van der Waals surface area contributed by atoms with Gasteiger partial charge in [-0.25, -0.2) is 24.0 Å². The second-order valence-corrected chi connectivity index (χ2v) is 14.6. The number of imidazole rings is 1. The quantitative estimate of drug-likeness (QED) is 0.0754. The number of hydrogen-bond donors (Lipinski definition) is 4. The van der Waals surface area contributed by atoms with Gasteiger partial charge in [-0.2, -0.15) is 0 Å². The molecule has 3 aliphatic rings. The highest BCUT2D eigenvalue weighted by molar-refractivity contribution is 8.00. The van der Waals surface area contributed by atoms with Gasteiger partial charge in [-0.3, -0.25) is 24.7 Å². The standard InChI is InChI=1S/C30H32N10O6S3/c1-46-35-22(20-16-49-30(31)32-20)26(42)33-23-27(43)40-24(29(44)45)18(15-48-28(23)40)12-38-8-5-21-36(9-10-39(21)38)13-19-11-17(14-47-19)25(41)34-37-6-3-2-4-7-37/h5,8-11,14,16,23,28H,2-4,6-7,12-13,15H2,1H3,(H4-,31,32,33,34,41,42,44,45)/p+1/b35-22-/t23-,28-/m1/s1. The predicted octanol–water partition coefficient (Wildman–Crippen LogP) is 1.10. The molecular formula is C30H33N10O6S3+. The minimum Gasteiger partial charge on any atom is -0.477 e. The van der Waals surface area contributed by atoms with Crippen molar-refractivity contribution in [2.45, 2.75) is 43.8 Å². The highest BCUT2D eigenvalue weighted by Crippen LogP contribution is 2.40. The Labute approximate surface area is 291 Å². The topological polar surface area (TPSA) is 193 Å². The smallest absolute Gasteiger partial charge is 0.352 e. The van der Waals surface area contributed by atoms with Gasteiger partial charge < -0.3 is 21.0 Å². The van der Waals surface area contributed by atoms with Crippen LogP contribution in [0.25, 0.3) is 5.65 Å². The molecule has 16 nitrogen and oxygen atoms in total. The van der Waals surface area contributed by atoms with E-state index in [0.29, 0.717) is 23.4 Å². The lowest BCUT2D eigenvalue weighted by atomic mass is 10.0. The number of aromatic nitrogens is 4. The minimum atomic E-state index is -1.22. The second-order valence-electron chi connectivity index (χ2n) is 11.6. The van der Waals surface area contributed by atoms with Gasteiger partial charge in [-0.1, -0.05) is 11.6 Å². The largest absolute Gasteiger partial charge is 0.477 e. The molecule has 4 aromatic heterocycles. The van der Waals surface area contributed by atoms with Crippen molar-refractivity contribution < 1.29 is 33.7 Å². The highest BCUT2D eigenvalue weighted by Gasteiger charge is 2.54. The second kappa shape index (κ2) is 13.7. The van der Waals surface area contributed by atoms with Gasteiger partial charge in [0.25, 0.3) is 17.7 Å². The zero-order chi connectivity index (χ0) is 34.2. The zero-order valence-corrected chi connectivity index (χ0v) is 28.7. The Kier molecular flexibility index (Phi) is 9.14. The van der Waals surface area contributed by atoms with Crippen molar-refractivity contribution in [3.63, 3.8) is 0 Å². The third-order valence-corrected chi connectivity index (χ3v) is 11.4. The molecule has 2 saturated heterocycles. The molecule has 49 heavy (non-hydrogen) atoms. The Morgan fingerprint density at radius 2 is 2.00 bits per heavy atom. The van der Waals surface area contributed by atoms with Crippen molar-refractivity contribution in [2.24, 2.45) is 5.16 Å². The number of anilines is 1. The van der Waals surface area contributed by atoms with E-state index in [0.717, 1.165) is 47.8 Å². The molecule has 5 N–H and O–H groups in total. The fourth-order valence-corrected chi connectivity index (χ4v) is 8.92. The molecule has 0 radical (unpaired) electrons. The molecule has 0 spiro atoms. The van der Waals surface area contributed by atoms with E-state index in [2.05, 4.69) is 25.4 Å². The number of hydrogen-bond acceptors (Lipinski definition) is 12. The Morgan fingerprint density at radius 3 is 2.73 bits per heavy atom. The number of rotatable bonds is 11. The summed E-state index contributed by atoms with van der Waals surface area (Å²) in [6.45, 7) is 2.53. The Bertz CT molecular complexity index is 2000. The number of thioether (sulfide) groups is 1. The number of fused-ring (bicyclic) bond motifs is 2. The number of thiophene rings is 1. The van der Waals surface area contributed by atoms with Crippen LogP contribution in [0.1, 0.15) is 40.2 Å². The number of nitrogen functional groups attached to an aromatic ring is 1. The first-order valence-electron chi connectivity index (χ1n) is 15.4. The normalized spacial score (nSPS) is 19.9. The molecular weight excluding hydrogens is 693 g/mol. The summed E-state index contributed by atoms with van der Waals surface area (Å²) < 4.78 is 5.86. The lowest BCUT2D eigenvalue weighted by Crippen LogP contribution is -2.71. The van der Waals surface area contributed by atoms with Crippen LogP contribution in [-0.4, -0.2) is 96.0 Å². The molecule has 7 heterocycles. The van der Waals surface area contributed by atoms with Crippen LogP contribution in [0.2, 0.25) is 0 Å². The summed E-state index contributed by atoms with van der Waals surface area (Å²) in [5, 5.41) is 21.7. The van der Waals surface area contributed by atoms with Crippen molar-refractivity contribution in [3.8, 4) is 0 Å². The van der Waals surface area contributed by atoms with E-state index in [1.807, 2.05) is 50.3 Å². The number of aliphatic carboxylic acids is 1. The Morgan fingerprint density at radius 1 is 1.18 bits per heavy atom. The maximum atomic E-state index is 13.3. The van der Waals surface area contributed by atoms with Gasteiger partial charge in [0.1, 0.15) is 42.7 Å². The molecule has 0 bridgehead atoms. The summed E-state index contributed by atoms with van der Waals surface area (Å²) in [7, 11) is 1.28. The first kappa shape index (κ1) is 32.8. The number of hydrazine groups is 1. The maximum Gasteiger partial charge on any atom is 0.352 e. The van der Waals surface area contributed by atoms with Gasteiger partial charge in [0, 0.05) is 34.5 Å². The SMILES string of the molecule is CO/N=C(\C(=O)N[C@@H]1C(=O)N2C(C(=O)O)=C(Cn3ccc4n3cc[n+]4Cc3cc(C(=O)NN4CCCCC4)cs3)CS[C@H]12)c1csc(N)n1. The lowest BCUT2D eigenvalue weighted by Gasteiger charge is -2.49. The number of carboxylic acid groups (broad SMARTS) is 1. The molecule has 0 aromatic carbocycles. The monoisotopic (exact) mass is 725 g/mol. The number of β-lactam (4-membered cyclic amide) rings is 1. The fourth-order valence-electron chi connectivity index (χ4n) is 6.17. The number of nitrogens with zero attached hydrogens (tertiary/aromatic N) is 7. The van der Waals surface area contributed by atoms with Gasteiger partial charge in [-0.15, -0.1) is 39.0 Å². The number of oxime groups is 1. The predicted molar refractivity (Wildman–Crippen MR) is 182 cm³/mol. The van der Waals surface area contributed by atoms with Crippen LogP contribution in [0.3, 0.4) is 0 Å².